The lowest BCUT2D eigenvalue weighted by molar-refractivity contribution is 1.19. The molecule has 0 nitrogen and oxygen atoms in total. The Morgan fingerprint density at radius 3 is 1.23 bits per heavy atom. The zero-order valence-electron chi connectivity index (χ0n) is 10.0. The minimum Gasteiger partial charge on any atom is -0.211 e. The topological polar surface area (TPSA) is 0 Å². The molecule has 0 N–H and O–H groups in total. The van der Waals surface area contributed by atoms with E-state index >= 15 is 0 Å². The normalized spacial score (nSPS) is 10.6. The third-order valence-corrected chi connectivity index (χ3v) is 3.88. The van der Waals surface area contributed by atoms with E-state index in [1.165, 1.54) is 16.7 Å². The van der Waals surface area contributed by atoms with Crippen molar-refractivity contribution in [3.8, 4) is 0 Å². The Morgan fingerprint density at radius 1 is 0.615 bits per heavy atom. The molecule has 0 atom stereocenters. The second kappa shape index (κ2) is 3.57. The molecule has 0 fully saturated rings. The van der Waals surface area contributed by atoms with Crippen molar-refractivity contribution in [2.75, 3.05) is 0 Å². The van der Waals surface area contributed by atoms with Crippen molar-refractivity contribution in [2.24, 2.45) is 0 Å². The van der Waals surface area contributed by atoms with Crippen LogP contribution in [0, 0.1) is 34.6 Å². The van der Waals surface area contributed by atoms with Crippen molar-refractivity contribution in [3.63, 3.8) is 0 Å². The van der Waals surface area contributed by atoms with E-state index in [0.29, 0.717) is 0 Å². The molecule has 0 amide bonds. The van der Waals surface area contributed by atoms with Crippen LogP contribution in [0.2, 0.25) is 6.82 Å². The van der Waals surface area contributed by atoms with Gasteiger partial charge in [-0.05, 0) is 58.6 Å². The molecule has 0 spiro atoms. The van der Waals surface area contributed by atoms with Gasteiger partial charge in [-0.25, -0.2) is 5.46 Å². The van der Waals surface area contributed by atoms with Crippen LogP contribution < -0.4 is 5.46 Å². The number of benzene rings is 1. The first-order valence-electron chi connectivity index (χ1n) is 5.50. The van der Waals surface area contributed by atoms with Crippen LogP contribution in [-0.2, 0) is 0 Å². The molecule has 0 bridgehead atoms. The highest BCUT2D eigenvalue weighted by Crippen LogP contribution is 2.18. The van der Waals surface area contributed by atoms with Gasteiger partial charge in [-0.1, -0.05) is 11.1 Å². The zero-order chi connectivity index (χ0) is 10.2. The van der Waals surface area contributed by atoms with Gasteiger partial charge in [0.1, 0.15) is 0 Å². The molecule has 0 aliphatic carbocycles. The molecule has 1 heteroatoms. The Bertz CT molecular complexity index is 308. The Kier molecular flexibility index (Phi) is 2.85. The van der Waals surface area contributed by atoms with E-state index in [0.717, 1.165) is 0 Å². The summed E-state index contributed by atoms with van der Waals surface area (Å²) in [5, 5.41) is 0. The first kappa shape index (κ1) is 10.4. The van der Waals surface area contributed by atoms with Gasteiger partial charge in [0.05, 0.1) is 0 Å². The van der Waals surface area contributed by atoms with Crippen LogP contribution in [0.4, 0.5) is 0 Å². The fourth-order valence-electron chi connectivity index (χ4n) is 2.44. The van der Waals surface area contributed by atoms with Crippen molar-refractivity contribution in [2.45, 2.75) is 41.4 Å². The highest BCUT2D eigenvalue weighted by Gasteiger charge is 2.06. The fourth-order valence-corrected chi connectivity index (χ4v) is 2.44. The van der Waals surface area contributed by atoms with E-state index in [2.05, 4.69) is 41.4 Å². The Labute approximate surface area is 82.6 Å². The first-order valence-corrected chi connectivity index (χ1v) is 5.50. The summed E-state index contributed by atoms with van der Waals surface area (Å²) in [5.74, 6) is 0. The average molecular weight is 175 g/mol. The first-order chi connectivity index (χ1) is 6.00. The van der Waals surface area contributed by atoms with Gasteiger partial charge in [-0.3, -0.25) is 0 Å². The van der Waals surface area contributed by atoms with Crippen LogP contribution in [0.3, 0.4) is 0 Å². The lowest BCUT2D eigenvalue weighted by Crippen LogP contribution is -2.22. The highest BCUT2D eigenvalue weighted by molar-refractivity contribution is 6.53. The van der Waals surface area contributed by atoms with Crippen LogP contribution >= 0.6 is 0 Å². The Hall–Kier alpha value is -0.715. The Balaban J connectivity index is 3.56. The van der Waals surface area contributed by atoms with Crippen LogP contribution in [0.5, 0.6) is 0 Å². The van der Waals surface area contributed by atoms with Gasteiger partial charge in [-0.2, -0.15) is 6.82 Å². The van der Waals surface area contributed by atoms with Gasteiger partial charge in [0.15, 0.2) is 0 Å². The molecule has 0 heterocycles. The van der Waals surface area contributed by atoms with Crippen LogP contribution in [-0.4, -0.2) is 7.28 Å². The van der Waals surface area contributed by atoms with E-state index in [4.69, 9.17) is 0 Å². The molecular formula is C12H20B-. The summed E-state index contributed by atoms with van der Waals surface area (Å²) in [5.41, 5.74) is 9.25. The zero-order valence-corrected chi connectivity index (χ0v) is 10.0. The quantitative estimate of drug-likeness (QED) is 0.573. The SMILES string of the molecule is C[BH2-]c1c(C)c(C)c(C)c(C)c1C. The average Bonchev–Trinajstić information content (AvgIpc) is 2.13. The molecule has 0 radical (unpaired) electrons. The minimum atomic E-state index is 0.0924. The summed E-state index contributed by atoms with van der Waals surface area (Å²) >= 11 is 0. The second-order valence-corrected chi connectivity index (χ2v) is 4.25. The molecule has 0 aliphatic rings. The number of hydrogen-bond donors (Lipinski definition) is 0. The molecule has 0 saturated heterocycles. The van der Waals surface area contributed by atoms with Crippen LogP contribution in [0.1, 0.15) is 27.8 Å². The molecular weight excluding hydrogens is 155 g/mol. The molecule has 0 unspecified atom stereocenters. The van der Waals surface area contributed by atoms with Crippen LogP contribution in [0.15, 0.2) is 0 Å². The summed E-state index contributed by atoms with van der Waals surface area (Å²) in [6, 6.07) is 0. The molecule has 13 heavy (non-hydrogen) atoms. The molecule has 0 aliphatic heterocycles. The number of hydrogen-bond acceptors (Lipinski definition) is 0. The van der Waals surface area contributed by atoms with Crippen molar-refractivity contribution in [1.29, 1.82) is 0 Å². The maximum absolute atomic E-state index is 2.36. The molecule has 0 saturated carbocycles. The third kappa shape index (κ3) is 1.52. The van der Waals surface area contributed by atoms with Gasteiger partial charge in [0.2, 0.25) is 0 Å². The van der Waals surface area contributed by atoms with E-state index in [1.807, 2.05) is 0 Å². The summed E-state index contributed by atoms with van der Waals surface area (Å²) in [6.07, 6.45) is 0. The van der Waals surface area contributed by atoms with Gasteiger partial charge >= 0.3 is 0 Å². The van der Waals surface area contributed by atoms with Gasteiger partial charge in [0.25, 0.3) is 0 Å². The highest BCUT2D eigenvalue weighted by atomic mass is 14.1. The van der Waals surface area contributed by atoms with Crippen molar-refractivity contribution < 1.29 is 0 Å². The number of rotatable bonds is 1. The van der Waals surface area contributed by atoms with Gasteiger partial charge in [-0.15, -0.1) is 0 Å². The smallest absolute Gasteiger partial charge is 0.00669 e. The molecule has 1 rings (SSSR count). The summed E-state index contributed by atoms with van der Waals surface area (Å²) in [6.45, 7) is 13.7. The molecule has 1 aromatic carbocycles. The summed E-state index contributed by atoms with van der Waals surface area (Å²) in [7, 11) is 0.0924. The summed E-state index contributed by atoms with van der Waals surface area (Å²) < 4.78 is 0. The fraction of sp³-hybridized carbons (Fsp3) is 0.500. The monoisotopic (exact) mass is 175 g/mol. The third-order valence-electron chi connectivity index (χ3n) is 3.88. The van der Waals surface area contributed by atoms with Crippen LogP contribution in [0.25, 0.3) is 0 Å². The molecule has 0 aromatic heterocycles. The van der Waals surface area contributed by atoms with E-state index < -0.39 is 0 Å². The summed E-state index contributed by atoms with van der Waals surface area (Å²) in [4.78, 5) is 0. The van der Waals surface area contributed by atoms with Gasteiger partial charge < -0.3 is 0 Å². The van der Waals surface area contributed by atoms with E-state index in [-0.39, 0.29) is 7.28 Å². The van der Waals surface area contributed by atoms with Gasteiger partial charge in [0, 0.05) is 0 Å². The maximum Gasteiger partial charge on any atom is -0.00669 e. The van der Waals surface area contributed by atoms with E-state index in [1.54, 1.807) is 16.6 Å². The molecule has 1 aromatic rings. The lowest BCUT2D eigenvalue weighted by Gasteiger charge is -2.21. The largest absolute Gasteiger partial charge is 0.211 e. The van der Waals surface area contributed by atoms with Crippen molar-refractivity contribution in [3.05, 3.63) is 27.8 Å². The minimum absolute atomic E-state index is 0.0924. The molecule has 72 valence electrons. The van der Waals surface area contributed by atoms with Crippen molar-refractivity contribution >= 4 is 12.7 Å². The van der Waals surface area contributed by atoms with Crippen molar-refractivity contribution in [1.82, 2.24) is 0 Å². The predicted molar refractivity (Wildman–Crippen MR) is 64.2 cm³/mol. The second-order valence-electron chi connectivity index (χ2n) is 4.25. The predicted octanol–water partition coefficient (Wildman–Crippen LogP) is 2.07. The maximum atomic E-state index is 2.36. The van der Waals surface area contributed by atoms with E-state index in [9.17, 15) is 0 Å². The Morgan fingerprint density at radius 2 is 0.923 bits per heavy atom. The lowest BCUT2D eigenvalue weighted by atomic mass is 9.66. The standard InChI is InChI=1S/C12H20B/c1-7-8(2)10(4)12(13-6)11(5)9(7)3/h13H2,1-6H3/q-1.